The molecule has 0 aliphatic rings. The van der Waals surface area contributed by atoms with E-state index in [9.17, 15) is 4.79 Å². The van der Waals surface area contributed by atoms with Gasteiger partial charge in [-0.1, -0.05) is 23.7 Å². The molecule has 0 aliphatic carbocycles. The number of aromatic carboxylic acids is 1. The zero-order valence-electron chi connectivity index (χ0n) is 10.4. The number of benzene rings is 2. The molecule has 0 radical (unpaired) electrons. The minimum atomic E-state index is -0.965. The second kappa shape index (κ2) is 6.09. The molecule has 0 bridgehead atoms. The summed E-state index contributed by atoms with van der Waals surface area (Å²) in [6.45, 7) is 0.413. The summed E-state index contributed by atoms with van der Waals surface area (Å²) in [5, 5.41) is 21.6. The van der Waals surface area contributed by atoms with Crippen LogP contribution in [0.5, 0.6) is 0 Å². The van der Waals surface area contributed by atoms with Crippen molar-refractivity contribution in [3.05, 3.63) is 64.2 Å². The molecule has 2 aromatic rings. The van der Waals surface area contributed by atoms with Gasteiger partial charge in [0.1, 0.15) is 6.07 Å². The van der Waals surface area contributed by atoms with Crippen LogP contribution in [0.25, 0.3) is 0 Å². The number of carboxylic acid groups (broad SMARTS) is 1. The van der Waals surface area contributed by atoms with E-state index in [0.29, 0.717) is 22.8 Å². The topological polar surface area (TPSA) is 73.1 Å². The molecule has 5 heteroatoms. The molecule has 0 fully saturated rings. The molecule has 2 rings (SSSR count). The number of carbonyl (C=O) groups is 1. The van der Waals surface area contributed by atoms with Crippen LogP contribution in [0.3, 0.4) is 0 Å². The van der Waals surface area contributed by atoms with Crippen LogP contribution >= 0.6 is 11.6 Å². The summed E-state index contributed by atoms with van der Waals surface area (Å²) < 4.78 is 0. The van der Waals surface area contributed by atoms with Gasteiger partial charge < -0.3 is 10.4 Å². The molecule has 0 atom stereocenters. The monoisotopic (exact) mass is 286 g/mol. The largest absolute Gasteiger partial charge is 0.478 e. The van der Waals surface area contributed by atoms with Crippen molar-refractivity contribution in [2.45, 2.75) is 6.54 Å². The molecular weight excluding hydrogens is 276 g/mol. The van der Waals surface area contributed by atoms with Crippen molar-refractivity contribution in [1.29, 1.82) is 5.26 Å². The van der Waals surface area contributed by atoms with Crippen LogP contribution in [0, 0.1) is 11.3 Å². The molecular formula is C15H11ClN2O2. The van der Waals surface area contributed by atoms with Crippen molar-refractivity contribution in [2.24, 2.45) is 0 Å². The third-order valence-electron chi connectivity index (χ3n) is 2.76. The Bertz CT molecular complexity index is 693. The lowest BCUT2D eigenvalue weighted by molar-refractivity contribution is 0.0697. The summed E-state index contributed by atoms with van der Waals surface area (Å²) >= 11 is 5.90. The molecule has 0 spiro atoms. The minimum absolute atomic E-state index is 0.232. The normalized spacial score (nSPS) is 9.80. The number of nitrogens with one attached hydrogen (secondary N) is 1. The predicted octanol–water partition coefficient (Wildman–Crippen LogP) is 3.52. The van der Waals surface area contributed by atoms with Crippen LogP contribution in [0.15, 0.2) is 42.5 Å². The van der Waals surface area contributed by atoms with Gasteiger partial charge in [0.25, 0.3) is 0 Å². The maximum Gasteiger partial charge on any atom is 0.335 e. The van der Waals surface area contributed by atoms with E-state index in [2.05, 4.69) is 11.4 Å². The maximum atomic E-state index is 10.9. The molecule has 20 heavy (non-hydrogen) atoms. The average Bonchev–Trinajstić information content (AvgIpc) is 2.45. The third-order valence-corrected chi connectivity index (χ3v) is 2.99. The molecule has 0 saturated heterocycles. The third kappa shape index (κ3) is 3.28. The van der Waals surface area contributed by atoms with Gasteiger partial charge >= 0.3 is 5.97 Å². The number of hydrogen-bond donors (Lipinski definition) is 2. The smallest absolute Gasteiger partial charge is 0.335 e. The first kappa shape index (κ1) is 13.9. The molecule has 0 saturated carbocycles. The van der Waals surface area contributed by atoms with E-state index >= 15 is 0 Å². The summed E-state index contributed by atoms with van der Waals surface area (Å²) in [5.74, 6) is -0.965. The molecule has 0 unspecified atom stereocenters. The van der Waals surface area contributed by atoms with E-state index in [1.165, 1.54) is 6.07 Å². The Hall–Kier alpha value is -2.51. The van der Waals surface area contributed by atoms with Gasteiger partial charge in [0.2, 0.25) is 0 Å². The lowest BCUT2D eigenvalue weighted by atomic mass is 10.1. The Balaban J connectivity index is 2.17. The van der Waals surface area contributed by atoms with E-state index in [4.69, 9.17) is 22.0 Å². The van der Waals surface area contributed by atoms with Crippen molar-refractivity contribution in [1.82, 2.24) is 0 Å². The van der Waals surface area contributed by atoms with Gasteiger partial charge in [-0.2, -0.15) is 5.26 Å². The number of halogens is 1. The van der Waals surface area contributed by atoms with E-state index in [-0.39, 0.29) is 5.56 Å². The summed E-state index contributed by atoms with van der Waals surface area (Å²) in [6.07, 6.45) is 0. The quantitative estimate of drug-likeness (QED) is 0.902. The van der Waals surface area contributed by atoms with Gasteiger partial charge in [-0.25, -0.2) is 4.79 Å². The van der Waals surface area contributed by atoms with Crippen LogP contribution < -0.4 is 5.32 Å². The SMILES string of the molecule is N#Cc1ccc(Cl)cc1NCc1cccc(C(=O)O)c1. The first-order valence-corrected chi connectivity index (χ1v) is 6.23. The highest BCUT2D eigenvalue weighted by atomic mass is 35.5. The fourth-order valence-corrected chi connectivity index (χ4v) is 1.94. The second-order valence-corrected chi connectivity index (χ2v) is 4.60. The summed E-state index contributed by atoms with van der Waals surface area (Å²) in [5.41, 5.74) is 2.16. The molecule has 100 valence electrons. The van der Waals surface area contributed by atoms with Crippen LogP contribution in [0.1, 0.15) is 21.5 Å². The molecule has 0 aliphatic heterocycles. The fourth-order valence-electron chi connectivity index (χ4n) is 1.77. The number of hydrogen-bond acceptors (Lipinski definition) is 3. The summed E-state index contributed by atoms with van der Waals surface area (Å²) in [4.78, 5) is 10.9. The van der Waals surface area contributed by atoms with Crippen molar-refractivity contribution in [3.63, 3.8) is 0 Å². The van der Waals surface area contributed by atoms with Crippen LogP contribution in [-0.2, 0) is 6.54 Å². The average molecular weight is 287 g/mol. The minimum Gasteiger partial charge on any atom is -0.478 e. The second-order valence-electron chi connectivity index (χ2n) is 4.16. The van der Waals surface area contributed by atoms with Crippen LogP contribution in [0.4, 0.5) is 5.69 Å². The highest BCUT2D eigenvalue weighted by Gasteiger charge is 2.05. The Labute approximate surface area is 121 Å². The molecule has 2 aromatic carbocycles. The molecule has 0 heterocycles. The number of rotatable bonds is 4. The molecule has 2 N–H and O–H groups in total. The Morgan fingerprint density at radius 1 is 1.30 bits per heavy atom. The van der Waals surface area contributed by atoms with Crippen molar-refractivity contribution in [2.75, 3.05) is 5.32 Å². The first-order chi connectivity index (χ1) is 9.60. The van der Waals surface area contributed by atoms with Crippen molar-refractivity contribution in [3.8, 4) is 6.07 Å². The van der Waals surface area contributed by atoms with Gasteiger partial charge in [0.15, 0.2) is 0 Å². The first-order valence-electron chi connectivity index (χ1n) is 5.86. The number of nitriles is 1. The van der Waals surface area contributed by atoms with Gasteiger partial charge in [-0.05, 0) is 35.9 Å². The number of carboxylic acids is 1. The lowest BCUT2D eigenvalue weighted by Gasteiger charge is -2.09. The highest BCUT2D eigenvalue weighted by molar-refractivity contribution is 6.30. The lowest BCUT2D eigenvalue weighted by Crippen LogP contribution is -2.03. The van der Waals surface area contributed by atoms with Gasteiger partial charge in [-0.3, -0.25) is 0 Å². The van der Waals surface area contributed by atoms with E-state index in [0.717, 1.165) is 5.56 Å². The van der Waals surface area contributed by atoms with E-state index < -0.39 is 5.97 Å². The zero-order chi connectivity index (χ0) is 14.5. The van der Waals surface area contributed by atoms with Gasteiger partial charge in [0, 0.05) is 11.6 Å². The number of anilines is 1. The van der Waals surface area contributed by atoms with Crippen LogP contribution in [-0.4, -0.2) is 11.1 Å². The fraction of sp³-hybridized carbons (Fsp3) is 0.0667. The van der Waals surface area contributed by atoms with E-state index in [1.54, 1.807) is 30.3 Å². The highest BCUT2D eigenvalue weighted by Crippen LogP contribution is 2.21. The van der Waals surface area contributed by atoms with Gasteiger partial charge in [0.05, 0.1) is 16.8 Å². The zero-order valence-corrected chi connectivity index (χ0v) is 11.2. The Morgan fingerprint density at radius 2 is 2.10 bits per heavy atom. The Kier molecular flexibility index (Phi) is 4.24. The van der Waals surface area contributed by atoms with E-state index in [1.807, 2.05) is 6.07 Å². The number of nitrogens with zero attached hydrogens (tertiary/aromatic N) is 1. The summed E-state index contributed by atoms with van der Waals surface area (Å²) in [6, 6.07) is 13.7. The Morgan fingerprint density at radius 3 is 2.80 bits per heavy atom. The van der Waals surface area contributed by atoms with Crippen LogP contribution in [0.2, 0.25) is 5.02 Å². The molecule has 0 aromatic heterocycles. The molecule has 4 nitrogen and oxygen atoms in total. The standard InChI is InChI=1S/C15H11ClN2O2/c16-13-5-4-12(8-17)14(7-13)18-9-10-2-1-3-11(6-10)15(19)20/h1-7,18H,9H2,(H,19,20). The van der Waals surface area contributed by atoms with Crippen molar-refractivity contribution < 1.29 is 9.90 Å². The summed E-state index contributed by atoms with van der Waals surface area (Å²) in [7, 11) is 0. The maximum absolute atomic E-state index is 10.9. The molecule has 0 amide bonds. The predicted molar refractivity (Wildman–Crippen MR) is 76.9 cm³/mol. The van der Waals surface area contributed by atoms with Crippen molar-refractivity contribution >= 4 is 23.3 Å². The van der Waals surface area contributed by atoms with Gasteiger partial charge in [-0.15, -0.1) is 0 Å².